The van der Waals surface area contributed by atoms with Gasteiger partial charge < -0.3 is 16.2 Å². The summed E-state index contributed by atoms with van der Waals surface area (Å²) in [6.07, 6.45) is 3.19. The molecular formula is C18H15N3O3S. The lowest BCUT2D eigenvalue weighted by atomic mass is 10.0. The third-order valence-corrected chi connectivity index (χ3v) is 4.72. The molecule has 0 bridgehead atoms. The number of carboxylic acids is 1. The molecule has 3 aromatic rings. The second-order valence-corrected chi connectivity index (χ2v) is 6.32. The van der Waals surface area contributed by atoms with Gasteiger partial charge in [-0.05, 0) is 47.5 Å². The van der Waals surface area contributed by atoms with Gasteiger partial charge in [-0.1, -0.05) is 6.07 Å². The van der Waals surface area contributed by atoms with Crippen molar-refractivity contribution in [2.45, 2.75) is 6.54 Å². The summed E-state index contributed by atoms with van der Waals surface area (Å²) < 4.78 is 0. The quantitative estimate of drug-likeness (QED) is 0.653. The first-order valence-electron chi connectivity index (χ1n) is 7.46. The Labute approximate surface area is 148 Å². The van der Waals surface area contributed by atoms with Crippen LogP contribution in [0.2, 0.25) is 0 Å². The number of anilines is 1. The molecule has 2 aromatic heterocycles. The zero-order valence-electron chi connectivity index (χ0n) is 13.1. The molecule has 0 spiro atoms. The summed E-state index contributed by atoms with van der Waals surface area (Å²) in [7, 11) is 0. The molecule has 0 saturated carbocycles. The van der Waals surface area contributed by atoms with Crippen molar-refractivity contribution in [1.29, 1.82) is 0 Å². The molecule has 0 radical (unpaired) electrons. The van der Waals surface area contributed by atoms with Crippen molar-refractivity contribution < 1.29 is 14.7 Å². The minimum absolute atomic E-state index is 0.240. The van der Waals surface area contributed by atoms with E-state index < -0.39 is 5.97 Å². The van der Waals surface area contributed by atoms with Gasteiger partial charge >= 0.3 is 5.97 Å². The van der Waals surface area contributed by atoms with Crippen LogP contribution < -0.4 is 11.1 Å². The van der Waals surface area contributed by atoms with Gasteiger partial charge in [0.2, 0.25) is 0 Å². The highest BCUT2D eigenvalue weighted by atomic mass is 32.1. The van der Waals surface area contributed by atoms with Crippen LogP contribution in [0.5, 0.6) is 0 Å². The van der Waals surface area contributed by atoms with E-state index in [2.05, 4.69) is 10.3 Å². The Bertz CT molecular complexity index is 922. The molecule has 1 amide bonds. The van der Waals surface area contributed by atoms with Crippen molar-refractivity contribution in [2.75, 3.05) is 5.32 Å². The normalized spacial score (nSPS) is 10.4. The zero-order valence-corrected chi connectivity index (χ0v) is 13.9. The molecule has 126 valence electrons. The maximum absolute atomic E-state index is 12.5. The Hall–Kier alpha value is -3.03. The van der Waals surface area contributed by atoms with Crippen LogP contribution in [0.3, 0.4) is 0 Å². The Morgan fingerprint density at radius 3 is 2.52 bits per heavy atom. The first-order valence-corrected chi connectivity index (χ1v) is 8.28. The lowest BCUT2D eigenvalue weighted by molar-refractivity contribution is 0.0702. The molecule has 0 aliphatic heterocycles. The summed E-state index contributed by atoms with van der Waals surface area (Å²) in [6, 6.07) is 11.9. The fourth-order valence-electron chi connectivity index (χ4n) is 2.36. The lowest BCUT2D eigenvalue weighted by Gasteiger charge is -2.10. The first kappa shape index (κ1) is 16.8. The molecule has 0 atom stereocenters. The van der Waals surface area contributed by atoms with Crippen molar-refractivity contribution in [3.63, 3.8) is 0 Å². The molecule has 7 heteroatoms. The average molecular weight is 353 g/mol. The third kappa shape index (κ3) is 3.73. The molecule has 0 fully saturated rings. The number of carbonyl (C=O) groups excluding carboxylic acids is 1. The van der Waals surface area contributed by atoms with Gasteiger partial charge in [-0.25, -0.2) is 4.79 Å². The van der Waals surface area contributed by atoms with Crippen LogP contribution in [0.25, 0.3) is 10.4 Å². The van der Waals surface area contributed by atoms with Gasteiger partial charge in [0.1, 0.15) is 4.88 Å². The third-order valence-electron chi connectivity index (χ3n) is 3.61. The van der Waals surface area contributed by atoms with Gasteiger partial charge in [0, 0.05) is 35.1 Å². The Morgan fingerprint density at radius 1 is 1.12 bits per heavy atom. The van der Waals surface area contributed by atoms with E-state index in [4.69, 9.17) is 10.8 Å². The van der Waals surface area contributed by atoms with Gasteiger partial charge in [0.05, 0.1) is 0 Å². The Morgan fingerprint density at radius 2 is 1.88 bits per heavy atom. The van der Waals surface area contributed by atoms with E-state index in [-0.39, 0.29) is 10.8 Å². The SMILES string of the molecule is NCc1ccc(C(=O)Nc2ccncc2)cc1-c1ccc(C(=O)O)s1. The van der Waals surface area contributed by atoms with Crippen LogP contribution in [-0.2, 0) is 6.54 Å². The maximum atomic E-state index is 12.5. The predicted octanol–water partition coefficient (Wildman–Crippen LogP) is 3.22. The summed E-state index contributed by atoms with van der Waals surface area (Å²) >= 11 is 1.15. The van der Waals surface area contributed by atoms with Gasteiger partial charge in [-0.3, -0.25) is 9.78 Å². The van der Waals surface area contributed by atoms with Gasteiger partial charge in [0.25, 0.3) is 5.91 Å². The molecule has 0 aliphatic rings. The number of pyridine rings is 1. The van der Waals surface area contributed by atoms with Crippen LogP contribution in [0.4, 0.5) is 5.69 Å². The number of nitrogens with two attached hydrogens (primary N) is 1. The number of amides is 1. The Kier molecular flexibility index (Phi) is 4.87. The largest absolute Gasteiger partial charge is 0.477 e. The lowest BCUT2D eigenvalue weighted by Crippen LogP contribution is -2.12. The van der Waals surface area contributed by atoms with E-state index in [0.29, 0.717) is 17.8 Å². The fourth-order valence-corrected chi connectivity index (χ4v) is 3.26. The van der Waals surface area contributed by atoms with Crippen LogP contribution in [0.15, 0.2) is 54.9 Å². The van der Waals surface area contributed by atoms with E-state index in [1.807, 2.05) is 0 Å². The van der Waals surface area contributed by atoms with Crippen LogP contribution in [-0.4, -0.2) is 22.0 Å². The number of nitrogens with one attached hydrogen (secondary N) is 1. The zero-order chi connectivity index (χ0) is 17.8. The van der Waals surface area contributed by atoms with E-state index in [1.54, 1.807) is 54.9 Å². The van der Waals surface area contributed by atoms with Gasteiger partial charge in [-0.15, -0.1) is 11.3 Å². The van der Waals surface area contributed by atoms with Crippen molar-refractivity contribution in [3.05, 3.63) is 70.9 Å². The Balaban J connectivity index is 1.94. The van der Waals surface area contributed by atoms with Crippen LogP contribution >= 0.6 is 11.3 Å². The summed E-state index contributed by atoms with van der Waals surface area (Å²) in [5, 5.41) is 11.9. The fraction of sp³-hybridized carbons (Fsp3) is 0.0556. The smallest absolute Gasteiger partial charge is 0.345 e. The van der Waals surface area contributed by atoms with E-state index >= 15 is 0 Å². The average Bonchev–Trinajstić information content (AvgIpc) is 3.12. The van der Waals surface area contributed by atoms with Crippen molar-refractivity contribution in [3.8, 4) is 10.4 Å². The standard InChI is InChI=1S/C18H15N3O3S/c19-10-12-2-1-11(17(22)21-13-5-7-20-8-6-13)9-14(12)15-3-4-16(25-15)18(23)24/h1-9H,10,19H2,(H,23,24)(H,20,21,22). The number of benzene rings is 1. The number of thiophene rings is 1. The molecule has 2 heterocycles. The summed E-state index contributed by atoms with van der Waals surface area (Å²) in [6.45, 7) is 0.294. The highest BCUT2D eigenvalue weighted by molar-refractivity contribution is 7.17. The van der Waals surface area contributed by atoms with E-state index in [9.17, 15) is 9.59 Å². The number of hydrogen-bond donors (Lipinski definition) is 3. The van der Waals surface area contributed by atoms with E-state index in [0.717, 1.165) is 27.3 Å². The molecule has 25 heavy (non-hydrogen) atoms. The minimum atomic E-state index is -0.975. The summed E-state index contributed by atoms with van der Waals surface area (Å²) in [5.74, 6) is -1.23. The second kappa shape index (κ2) is 7.25. The molecule has 6 nitrogen and oxygen atoms in total. The van der Waals surface area contributed by atoms with Crippen LogP contribution in [0.1, 0.15) is 25.6 Å². The number of aromatic carboxylic acids is 1. The molecule has 0 unspecified atom stereocenters. The van der Waals surface area contributed by atoms with Crippen LogP contribution in [0, 0.1) is 0 Å². The maximum Gasteiger partial charge on any atom is 0.345 e. The number of rotatable bonds is 5. The second-order valence-electron chi connectivity index (χ2n) is 5.24. The topological polar surface area (TPSA) is 105 Å². The number of nitrogens with zero attached hydrogens (tertiary/aromatic N) is 1. The first-order chi connectivity index (χ1) is 12.1. The summed E-state index contributed by atoms with van der Waals surface area (Å²) in [5.41, 5.74) is 8.51. The molecule has 0 saturated heterocycles. The van der Waals surface area contributed by atoms with Crippen molar-refractivity contribution in [1.82, 2.24) is 4.98 Å². The molecule has 4 N–H and O–H groups in total. The number of hydrogen-bond acceptors (Lipinski definition) is 5. The molecule has 3 rings (SSSR count). The van der Waals surface area contributed by atoms with Crippen molar-refractivity contribution in [2.24, 2.45) is 5.73 Å². The number of aromatic nitrogens is 1. The number of carboxylic acid groups (broad SMARTS) is 1. The molecule has 1 aromatic carbocycles. The highest BCUT2D eigenvalue weighted by Crippen LogP contribution is 2.31. The predicted molar refractivity (Wildman–Crippen MR) is 96.8 cm³/mol. The molecular weight excluding hydrogens is 338 g/mol. The molecule has 0 aliphatic carbocycles. The monoisotopic (exact) mass is 353 g/mol. The van der Waals surface area contributed by atoms with Gasteiger partial charge in [0.15, 0.2) is 0 Å². The van der Waals surface area contributed by atoms with Gasteiger partial charge in [-0.2, -0.15) is 0 Å². The van der Waals surface area contributed by atoms with E-state index in [1.165, 1.54) is 0 Å². The summed E-state index contributed by atoms with van der Waals surface area (Å²) in [4.78, 5) is 28.5. The highest BCUT2D eigenvalue weighted by Gasteiger charge is 2.14. The van der Waals surface area contributed by atoms with Crippen molar-refractivity contribution >= 4 is 28.9 Å². The number of carbonyl (C=O) groups is 2. The minimum Gasteiger partial charge on any atom is -0.477 e.